The maximum absolute atomic E-state index is 11.6. The average Bonchev–Trinajstić information content (AvgIpc) is 2.23. The van der Waals surface area contributed by atoms with Gasteiger partial charge in [-0.25, -0.2) is 0 Å². The highest BCUT2D eigenvalue weighted by molar-refractivity contribution is 5.65. The Morgan fingerprint density at radius 2 is 2.19 bits per heavy atom. The summed E-state index contributed by atoms with van der Waals surface area (Å²) in [6.45, 7) is 1.83. The fourth-order valence-corrected chi connectivity index (χ4v) is 1.48. The van der Waals surface area contributed by atoms with Gasteiger partial charge >= 0.3 is 5.97 Å². The van der Waals surface area contributed by atoms with Crippen molar-refractivity contribution < 1.29 is 9.53 Å². The predicted octanol–water partition coefficient (Wildman–Crippen LogP) is 1.27. The Morgan fingerprint density at radius 1 is 1.44 bits per heavy atom. The fourth-order valence-electron chi connectivity index (χ4n) is 1.48. The molecule has 4 nitrogen and oxygen atoms in total. The van der Waals surface area contributed by atoms with Crippen LogP contribution in [0.4, 0.5) is 0 Å². The van der Waals surface area contributed by atoms with E-state index < -0.39 is 0 Å². The third-order valence-electron chi connectivity index (χ3n) is 2.35. The molecule has 0 amide bonds. The lowest BCUT2D eigenvalue weighted by Crippen LogP contribution is -2.19. The van der Waals surface area contributed by atoms with E-state index in [9.17, 15) is 9.59 Å². The molecule has 0 aromatic carbocycles. The SMILES string of the molecule is CC(=O)OCCCCc1cccn(C)c1=O. The number of carbonyl (C=O) groups excluding carboxylic acids is 1. The summed E-state index contributed by atoms with van der Waals surface area (Å²) in [7, 11) is 1.74. The van der Waals surface area contributed by atoms with E-state index in [0.29, 0.717) is 6.61 Å². The normalized spacial score (nSPS) is 10.1. The molecule has 16 heavy (non-hydrogen) atoms. The van der Waals surface area contributed by atoms with Crippen LogP contribution < -0.4 is 5.56 Å². The lowest BCUT2D eigenvalue weighted by molar-refractivity contribution is -0.141. The van der Waals surface area contributed by atoms with Crippen molar-refractivity contribution in [1.82, 2.24) is 4.57 Å². The van der Waals surface area contributed by atoms with Crippen molar-refractivity contribution in [2.75, 3.05) is 6.61 Å². The molecular weight excluding hydrogens is 206 g/mol. The largest absolute Gasteiger partial charge is 0.466 e. The number of nitrogens with zero attached hydrogens (tertiary/aromatic N) is 1. The van der Waals surface area contributed by atoms with Crippen molar-refractivity contribution in [3.8, 4) is 0 Å². The number of pyridine rings is 1. The van der Waals surface area contributed by atoms with E-state index in [2.05, 4.69) is 0 Å². The van der Waals surface area contributed by atoms with Crippen LogP contribution in [0.3, 0.4) is 0 Å². The second-order valence-corrected chi connectivity index (χ2v) is 3.75. The monoisotopic (exact) mass is 223 g/mol. The minimum absolute atomic E-state index is 0.0509. The van der Waals surface area contributed by atoms with Gasteiger partial charge < -0.3 is 9.30 Å². The molecule has 0 fully saturated rings. The highest BCUT2D eigenvalue weighted by Crippen LogP contribution is 2.00. The summed E-state index contributed by atoms with van der Waals surface area (Å²) in [5.41, 5.74) is 0.864. The van der Waals surface area contributed by atoms with Crippen LogP contribution in [0.2, 0.25) is 0 Å². The van der Waals surface area contributed by atoms with Gasteiger partial charge in [-0.2, -0.15) is 0 Å². The lowest BCUT2D eigenvalue weighted by Gasteiger charge is -2.03. The molecular formula is C12H17NO3. The summed E-state index contributed by atoms with van der Waals surface area (Å²) in [4.78, 5) is 22.1. The summed E-state index contributed by atoms with van der Waals surface area (Å²) in [5, 5.41) is 0. The first-order valence-corrected chi connectivity index (χ1v) is 5.39. The molecule has 0 bridgehead atoms. The Labute approximate surface area is 94.9 Å². The number of rotatable bonds is 5. The molecule has 0 saturated heterocycles. The van der Waals surface area contributed by atoms with E-state index in [1.54, 1.807) is 17.8 Å². The van der Waals surface area contributed by atoms with Crippen LogP contribution in [0.1, 0.15) is 25.3 Å². The average molecular weight is 223 g/mol. The van der Waals surface area contributed by atoms with Gasteiger partial charge in [-0.05, 0) is 25.3 Å². The predicted molar refractivity (Wildman–Crippen MR) is 61.3 cm³/mol. The Balaban J connectivity index is 2.35. The Bertz CT molecular complexity index is 409. The number of hydrogen-bond acceptors (Lipinski definition) is 3. The van der Waals surface area contributed by atoms with Crippen molar-refractivity contribution in [2.45, 2.75) is 26.2 Å². The zero-order valence-electron chi connectivity index (χ0n) is 9.73. The molecule has 1 aromatic rings. The van der Waals surface area contributed by atoms with Crippen LogP contribution >= 0.6 is 0 Å². The first-order chi connectivity index (χ1) is 7.61. The highest BCUT2D eigenvalue weighted by atomic mass is 16.5. The molecule has 4 heteroatoms. The molecule has 0 unspecified atom stereocenters. The first-order valence-electron chi connectivity index (χ1n) is 5.39. The quantitative estimate of drug-likeness (QED) is 0.558. The number of carbonyl (C=O) groups is 1. The van der Waals surface area contributed by atoms with E-state index in [-0.39, 0.29) is 11.5 Å². The number of unbranched alkanes of at least 4 members (excludes halogenated alkanes) is 1. The van der Waals surface area contributed by atoms with Crippen LogP contribution in [0.25, 0.3) is 0 Å². The van der Waals surface area contributed by atoms with E-state index in [4.69, 9.17) is 4.74 Å². The molecule has 0 radical (unpaired) electrons. The summed E-state index contributed by atoms with van der Waals surface area (Å²) in [5.74, 6) is -0.254. The van der Waals surface area contributed by atoms with Crippen molar-refractivity contribution in [3.05, 3.63) is 34.2 Å². The maximum atomic E-state index is 11.6. The minimum Gasteiger partial charge on any atom is -0.466 e. The van der Waals surface area contributed by atoms with Gasteiger partial charge in [0.2, 0.25) is 0 Å². The van der Waals surface area contributed by atoms with E-state index in [1.165, 1.54) is 6.92 Å². The van der Waals surface area contributed by atoms with Crippen LogP contribution in [-0.4, -0.2) is 17.1 Å². The van der Waals surface area contributed by atoms with Gasteiger partial charge in [0, 0.05) is 25.7 Å². The van der Waals surface area contributed by atoms with Gasteiger partial charge in [0.1, 0.15) is 0 Å². The molecule has 0 aliphatic heterocycles. The highest BCUT2D eigenvalue weighted by Gasteiger charge is 2.00. The number of aromatic nitrogens is 1. The smallest absolute Gasteiger partial charge is 0.302 e. The number of esters is 1. The topological polar surface area (TPSA) is 48.3 Å². The van der Waals surface area contributed by atoms with Crippen molar-refractivity contribution in [2.24, 2.45) is 7.05 Å². The van der Waals surface area contributed by atoms with Crippen LogP contribution in [0.15, 0.2) is 23.1 Å². The van der Waals surface area contributed by atoms with Gasteiger partial charge in [-0.1, -0.05) is 6.07 Å². The molecule has 0 atom stereocenters. The maximum Gasteiger partial charge on any atom is 0.302 e. The molecule has 0 aliphatic rings. The van der Waals surface area contributed by atoms with Crippen molar-refractivity contribution >= 4 is 5.97 Å². The first kappa shape index (κ1) is 12.5. The lowest BCUT2D eigenvalue weighted by atomic mass is 10.1. The van der Waals surface area contributed by atoms with E-state index >= 15 is 0 Å². The minimum atomic E-state index is -0.254. The second kappa shape index (κ2) is 6.10. The second-order valence-electron chi connectivity index (χ2n) is 3.75. The van der Waals surface area contributed by atoms with Gasteiger partial charge in [0.25, 0.3) is 5.56 Å². The molecule has 88 valence electrons. The van der Waals surface area contributed by atoms with Gasteiger partial charge in [-0.3, -0.25) is 9.59 Å². The van der Waals surface area contributed by atoms with Crippen LogP contribution in [-0.2, 0) is 23.0 Å². The molecule has 0 saturated carbocycles. The molecule has 1 heterocycles. The van der Waals surface area contributed by atoms with Gasteiger partial charge in [-0.15, -0.1) is 0 Å². The van der Waals surface area contributed by atoms with Gasteiger partial charge in [0.15, 0.2) is 0 Å². The Morgan fingerprint density at radius 3 is 2.88 bits per heavy atom. The Kier molecular flexibility index (Phi) is 4.76. The number of ether oxygens (including phenoxy) is 1. The van der Waals surface area contributed by atoms with Gasteiger partial charge in [0.05, 0.1) is 6.61 Å². The zero-order chi connectivity index (χ0) is 12.0. The molecule has 0 N–H and O–H groups in total. The van der Waals surface area contributed by atoms with Crippen LogP contribution in [0, 0.1) is 0 Å². The zero-order valence-corrected chi connectivity index (χ0v) is 9.73. The summed E-state index contributed by atoms with van der Waals surface area (Å²) in [6, 6.07) is 3.71. The standard InChI is InChI=1S/C12H17NO3/c1-10(14)16-9-4-3-6-11-7-5-8-13(2)12(11)15/h5,7-8H,3-4,6,9H2,1-2H3. The fraction of sp³-hybridized carbons (Fsp3) is 0.500. The molecule has 0 spiro atoms. The van der Waals surface area contributed by atoms with Crippen LogP contribution in [0.5, 0.6) is 0 Å². The third kappa shape index (κ3) is 3.88. The molecule has 1 aromatic heterocycles. The summed E-state index contributed by atoms with van der Waals surface area (Å²) >= 11 is 0. The molecule has 1 rings (SSSR count). The number of aryl methyl sites for hydroxylation is 2. The van der Waals surface area contributed by atoms with E-state index in [1.807, 2.05) is 12.1 Å². The molecule has 0 aliphatic carbocycles. The van der Waals surface area contributed by atoms with E-state index in [0.717, 1.165) is 24.8 Å². The van der Waals surface area contributed by atoms with Crippen molar-refractivity contribution in [3.63, 3.8) is 0 Å². The van der Waals surface area contributed by atoms with Crippen molar-refractivity contribution in [1.29, 1.82) is 0 Å². The Hall–Kier alpha value is -1.58. The number of hydrogen-bond donors (Lipinski definition) is 0. The summed E-state index contributed by atoms with van der Waals surface area (Å²) in [6.07, 6.45) is 4.11. The summed E-state index contributed by atoms with van der Waals surface area (Å²) < 4.78 is 6.38. The third-order valence-corrected chi connectivity index (χ3v) is 2.35.